The molecule has 1 saturated carbocycles. The van der Waals surface area contributed by atoms with E-state index >= 15 is 0 Å². The van der Waals surface area contributed by atoms with Gasteiger partial charge in [0.15, 0.2) is 0 Å². The van der Waals surface area contributed by atoms with Gasteiger partial charge in [-0.15, -0.1) is 0 Å². The number of ether oxygens (including phenoxy) is 1. The predicted molar refractivity (Wildman–Crippen MR) is 123 cm³/mol. The second-order valence-electron chi connectivity index (χ2n) is 8.36. The lowest BCUT2D eigenvalue weighted by Crippen LogP contribution is -2.03. The minimum Gasteiger partial charge on any atom is -0.449 e. The van der Waals surface area contributed by atoms with Gasteiger partial charge in [-0.3, -0.25) is 0 Å². The van der Waals surface area contributed by atoms with Crippen LogP contribution in [0, 0.1) is 5.92 Å². The Kier molecular flexibility index (Phi) is 4.18. The van der Waals surface area contributed by atoms with Gasteiger partial charge in [-0.05, 0) is 68.1 Å². The normalized spacial score (nSPS) is 13.9. The van der Waals surface area contributed by atoms with Gasteiger partial charge in [-0.2, -0.15) is 0 Å². The molecule has 3 heterocycles. The Morgan fingerprint density at radius 2 is 1.94 bits per heavy atom. The molecule has 7 heteroatoms. The van der Waals surface area contributed by atoms with Crippen LogP contribution in [0.1, 0.15) is 19.8 Å². The minimum absolute atomic E-state index is 0.278. The van der Waals surface area contributed by atoms with Crippen molar-refractivity contribution < 1.29 is 14.6 Å². The summed E-state index contributed by atoms with van der Waals surface area (Å²) in [4.78, 5) is 20.5. The first-order valence-corrected chi connectivity index (χ1v) is 10.9. The second-order valence-corrected chi connectivity index (χ2v) is 8.36. The van der Waals surface area contributed by atoms with E-state index < -0.39 is 6.16 Å². The van der Waals surface area contributed by atoms with Crippen LogP contribution in [-0.4, -0.2) is 30.4 Å². The molecule has 1 aliphatic carbocycles. The molecule has 0 saturated heterocycles. The van der Waals surface area contributed by atoms with E-state index in [0.29, 0.717) is 5.92 Å². The first-order valence-electron chi connectivity index (χ1n) is 10.9. The lowest BCUT2D eigenvalue weighted by atomic mass is 10.1. The van der Waals surface area contributed by atoms with Gasteiger partial charge in [0.25, 0.3) is 0 Å². The molecule has 160 valence electrons. The van der Waals surface area contributed by atoms with Crippen molar-refractivity contribution in [2.45, 2.75) is 32.9 Å². The summed E-state index contributed by atoms with van der Waals surface area (Å²) in [6.07, 6.45) is 2.97. The number of pyridine rings is 1. The van der Waals surface area contributed by atoms with Crippen molar-refractivity contribution in [1.29, 1.82) is 0 Å². The van der Waals surface area contributed by atoms with E-state index in [1.54, 1.807) is 12.1 Å². The van der Waals surface area contributed by atoms with Crippen molar-refractivity contribution in [3.8, 4) is 17.1 Å². The summed E-state index contributed by atoms with van der Waals surface area (Å²) >= 11 is 0. The molecule has 0 spiro atoms. The molecule has 0 aliphatic heterocycles. The van der Waals surface area contributed by atoms with Crippen LogP contribution in [-0.2, 0) is 13.1 Å². The van der Waals surface area contributed by atoms with Crippen molar-refractivity contribution in [2.75, 3.05) is 0 Å². The van der Waals surface area contributed by atoms with Gasteiger partial charge in [-0.1, -0.05) is 0 Å². The molecule has 32 heavy (non-hydrogen) atoms. The highest BCUT2D eigenvalue weighted by atomic mass is 16.7. The number of aryl methyl sites for hydroxylation is 1. The average Bonchev–Trinajstić information content (AvgIpc) is 3.46. The lowest BCUT2D eigenvalue weighted by molar-refractivity contribution is 0.144. The number of aromatic nitrogens is 4. The molecule has 2 aromatic carbocycles. The van der Waals surface area contributed by atoms with E-state index in [-0.39, 0.29) is 5.75 Å². The number of hydrogen-bond donors (Lipinski definition) is 1. The fourth-order valence-corrected chi connectivity index (χ4v) is 4.62. The molecule has 0 atom stereocenters. The van der Waals surface area contributed by atoms with Gasteiger partial charge in [0, 0.05) is 41.7 Å². The molecule has 6 rings (SSSR count). The van der Waals surface area contributed by atoms with Crippen LogP contribution in [0.2, 0.25) is 0 Å². The van der Waals surface area contributed by atoms with Crippen LogP contribution < -0.4 is 4.74 Å². The zero-order valence-electron chi connectivity index (χ0n) is 17.7. The highest BCUT2D eigenvalue weighted by Crippen LogP contribution is 2.37. The number of imidazole rings is 1. The SMILES string of the molecule is CCn1c2ccc(-c3nc4cc(OC(=O)O)ccc4n3CC3CC3)cc2c2cccnc21. The molecule has 1 fully saturated rings. The Morgan fingerprint density at radius 3 is 2.72 bits per heavy atom. The second kappa shape index (κ2) is 7.09. The monoisotopic (exact) mass is 426 g/mol. The zero-order valence-corrected chi connectivity index (χ0v) is 17.7. The number of fused-ring (bicyclic) bond motifs is 4. The number of carboxylic acid groups (broad SMARTS) is 1. The molecule has 0 unspecified atom stereocenters. The van der Waals surface area contributed by atoms with Crippen LogP contribution >= 0.6 is 0 Å². The van der Waals surface area contributed by atoms with E-state index in [4.69, 9.17) is 14.8 Å². The van der Waals surface area contributed by atoms with Crippen molar-refractivity contribution in [3.05, 3.63) is 54.7 Å². The minimum atomic E-state index is -1.33. The van der Waals surface area contributed by atoms with Gasteiger partial charge in [0.1, 0.15) is 17.2 Å². The van der Waals surface area contributed by atoms with Crippen LogP contribution in [0.4, 0.5) is 4.79 Å². The van der Waals surface area contributed by atoms with Crippen molar-refractivity contribution in [3.63, 3.8) is 0 Å². The number of rotatable bonds is 5. The average molecular weight is 426 g/mol. The van der Waals surface area contributed by atoms with Crippen molar-refractivity contribution in [2.24, 2.45) is 5.92 Å². The Morgan fingerprint density at radius 1 is 1.09 bits per heavy atom. The van der Waals surface area contributed by atoms with Crippen molar-refractivity contribution in [1.82, 2.24) is 19.1 Å². The van der Waals surface area contributed by atoms with Crippen LogP contribution in [0.5, 0.6) is 5.75 Å². The third kappa shape index (κ3) is 3.00. The van der Waals surface area contributed by atoms with Gasteiger partial charge in [0.05, 0.1) is 16.6 Å². The van der Waals surface area contributed by atoms with Crippen LogP contribution in [0.15, 0.2) is 54.7 Å². The molecule has 0 radical (unpaired) electrons. The maximum atomic E-state index is 11.0. The Hall–Kier alpha value is -3.87. The number of carbonyl (C=O) groups is 1. The smallest absolute Gasteiger partial charge is 0.449 e. The lowest BCUT2D eigenvalue weighted by Gasteiger charge is -2.09. The fourth-order valence-electron chi connectivity index (χ4n) is 4.62. The van der Waals surface area contributed by atoms with Gasteiger partial charge in [-0.25, -0.2) is 14.8 Å². The van der Waals surface area contributed by atoms with E-state index in [1.165, 1.54) is 12.8 Å². The molecule has 0 amide bonds. The summed E-state index contributed by atoms with van der Waals surface area (Å²) in [5.41, 5.74) is 4.91. The third-order valence-electron chi connectivity index (χ3n) is 6.26. The number of nitrogens with zero attached hydrogens (tertiary/aromatic N) is 4. The molecule has 5 aromatic rings. The van der Waals surface area contributed by atoms with Crippen LogP contribution in [0.3, 0.4) is 0 Å². The highest BCUT2D eigenvalue weighted by molar-refractivity contribution is 6.08. The summed E-state index contributed by atoms with van der Waals surface area (Å²) in [7, 11) is 0. The van der Waals surface area contributed by atoms with E-state index in [0.717, 1.165) is 57.4 Å². The Bertz CT molecular complexity index is 1510. The number of benzene rings is 2. The molecular formula is C25H22N4O3. The van der Waals surface area contributed by atoms with E-state index in [2.05, 4.69) is 45.3 Å². The van der Waals surface area contributed by atoms with Crippen molar-refractivity contribution >= 4 is 39.1 Å². The third-order valence-corrected chi connectivity index (χ3v) is 6.26. The highest BCUT2D eigenvalue weighted by Gasteiger charge is 2.25. The van der Waals surface area contributed by atoms with Crippen LogP contribution in [0.25, 0.3) is 44.4 Å². The largest absolute Gasteiger partial charge is 0.511 e. The molecular weight excluding hydrogens is 404 g/mol. The summed E-state index contributed by atoms with van der Waals surface area (Å²) in [5, 5.41) is 11.3. The topological polar surface area (TPSA) is 82.2 Å². The standard InChI is InChI=1S/C25H22N4O3/c1-2-28-21-9-7-16(12-19(21)18-4-3-11-26-24(18)28)23-27-20-13-17(32-25(30)31)8-10-22(20)29(23)14-15-5-6-15/h3-4,7-13,15H,2,5-6,14H2,1H3,(H,30,31). The van der Waals surface area contributed by atoms with E-state index in [9.17, 15) is 4.79 Å². The Balaban J connectivity index is 1.56. The van der Waals surface area contributed by atoms with Gasteiger partial charge >= 0.3 is 6.16 Å². The molecule has 1 aliphatic rings. The van der Waals surface area contributed by atoms with Gasteiger partial charge in [0.2, 0.25) is 0 Å². The molecule has 1 N–H and O–H groups in total. The Labute approximate surface area is 183 Å². The predicted octanol–water partition coefficient (Wildman–Crippen LogP) is 5.69. The van der Waals surface area contributed by atoms with E-state index in [1.807, 2.05) is 18.3 Å². The fraction of sp³-hybridized carbons (Fsp3) is 0.240. The summed E-state index contributed by atoms with van der Waals surface area (Å²) in [5.74, 6) is 1.83. The van der Waals surface area contributed by atoms with Gasteiger partial charge < -0.3 is 19.0 Å². The molecule has 0 bridgehead atoms. The first kappa shape index (κ1) is 18.9. The number of hydrogen-bond acceptors (Lipinski definition) is 4. The summed E-state index contributed by atoms with van der Waals surface area (Å²) < 4.78 is 9.34. The molecule has 7 nitrogen and oxygen atoms in total. The maximum absolute atomic E-state index is 11.0. The maximum Gasteiger partial charge on any atom is 0.511 e. The molecule has 3 aromatic heterocycles. The zero-order chi connectivity index (χ0) is 21.8. The summed E-state index contributed by atoms with van der Waals surface area (Å²) in [6, 6.07) is 15.8. The quantitative estimate of drug-likeness (QED) is 0.288. The summed E-state index contributed by atoms with van der Waals surface area (Å²) in [6.45, 7) is 3.89. The first-order chi connectivity index (χ1) is 15.6.